The van der Waals surface area contributed by atoms with Crippen molar-refractivity contribution in [2.24, 2.45) is 0 Å². The van der Waals surface area contributed by atoms with Crippen molar-refractivity contribution >= 4 is 33.0 Å². The van der Waals surface area contributed by atoms with Crippen LogP contribution in [0.2, 0.25) is 0 Å². The monoisotopic (exact) mass is 290 g/mol. The molecule has 0 aliphatic heterocycles. The molecule has 0 saturated heterocycles. The third-order valence-corrected chi connectivity index (χ3v) is 4.92. The van der Waals surface area contributed by atoms with Gasteiger partial charge in [-0.25, -0.2) is 0 Å². The lowest BCUT2D eigenvalue weighted by Gasteiger charge is -2.11. The highest BCUT2D eigenvalue weighted by molar-refractivity contribution is 7.17. The molecule has 2 heterocycles. The number of benzene rings is 1. The summed E-state index contributed by atoms with van der Waals surface area (Å²) in [5.74, 6) is 0. The Balaban J connectivity index is 2.05. The Hall–Kier alpha value is -1.30. The third kappa shape index (κ3) is 2.29. The van der Waals surface area contributed by atoms with Crippen molar-refractivity contribution in [2.45, 2.75) is 25.9 Å². The highest BCUT2D eigenvalue weighted by Crippen LogP contribution is 2.34. The summed E-state index contributed by atoms with van der Waals surface area (Å²) in [6.07, 6.45) is 1.25. The van der Waals surface area contributed by atoms with Gasteiger partial charge in [-0.1, -0.05) is 36.0 Å². The zero-order valence-electron chi connectivity index (χ0n) is 10.5. The van der Waals surface area contributed by atoms with Gasteiger partial charge in [0.25, 0.3) is 0 Å². The first-order valence-electron chi connectivity index (χ1n) is 6.26. The van der Waals surface area contributed by atoms with Crippen LogP contribution in [0.1, 0.15) is 35.6 Å². The second kappa shape index (κ2) is 5.36. The van der Waals surface area contributed by atoms with E-state index in [2.05, 4.69) is 34.0 Å². The van der Waals surface area contributed by atoms with Crippen molar-refractivity contribution in [1.82, 2.24) is 9.59 Å². The van der Waals surface area contributed by atoms with E-state index in [-0.39, 0.29) is 0 Å². The number of hydrogen-bond acceptors (Lipinski definition) is 5. The molecule has 3 rings (SSSR count). The number of aliphatic hydroxyl groups excluding tert-OH is 1. The molecule has 0 aliphatic carbocycles. The average Bonchev–Trinajstić information content (AvgIpc) is 3.06. The van der Waals surface area contributed by atoms with Crippen LogP contribution in [0.25, 0.3) is 10.1 Å². The van der Waals surface area contributed by atoms with Crippen LogP contribution in [0.15, 0.2) is 29.6 Å². The van der Waals surface area contributed by atoms with Crippen molar-refractivity contribution in [3.63, 3.8) is 0 Å². The lowest BCUT2D eigenvalue weighted by Crippen LogP contribution is -2.01. The first-order valence-corrected chi connectivity index (χ1v) is 7.92. The fourth-order valence-electron chi connectivity index (χ4n) is 2.21. The van der Waals surface area contributed by atoms with Gasteiger partial charge in [0.15, 0.2) is 0 Å². The summed E-state index contributed by atoms with van der Waals surface area (Å²) in [5, 5.41) is 18.0. The molecular weight excluding hydrogens is 276 g/mol. The molecule has 5 heteroatoms. The van der Waals surface area contributed by atoms with Crippen molar-refractivity contribution in [3.05, 3.63) is 45.8 Å². The fourth-order valence-corrected chi connectivity index (χ4v) is 3.85. The van der Waals surface area contributed by atoms with E-state index in [9.17, 15) is 5.11 Å². The minimum atomic E-state index is -0.621. The largest absolute Gasteiger partial charge is 0.383 e. The van der Waals surface area contributed by atoms with Gasteiger partial charge >= 0.3 is 0 Å². The number of nitrogens with zero attached hydrogens (tertiary/aromatic N) is 2. The molecule has 0 spiro atoms. The number of thiophene rings is 1. The zero-order chi connectivity index (χ0) is 13.2. The fraction of sp³-hybridized carbons (Fsp3) is 0.286. The zero-order valence-corrected chi connectivity index (χ0v) is 12.2. The minimum Gasteiger partial charge on any atom is -0.383 e. The van der Waals surface area contributed by atoms with E-state index in [1.54, 1.807) is 11.3 Å². The molecule has 0 bridgehead atoms. The van der Waals surface area contributed by atoms with Crippen LogP contribution in [-0.2, 0) is 6.42 Å². The maximum absolute atomic E-state index is 10.6. The lowest BCUT2D eigenvalue weighted by atomic mass is 10.0. The van der Waals surface area contributed by atoms with Crippen LogP contribution >= 0.6 is 22.9 Å². The van der Waals surface area contributed by atoms with Crippen molar-refractivity contribution in [2.75, 3.05) is 0 Å². The molecule has 98 valence electrons. The Morgan fingerprint density at radius 1 is 1.32 bits per heavy atom. The molecule has 2 aromatic heterocycles. The summed E-state index contributed by atoms with van der Waals surface area (Å²) >= 11 is 2.96. The van der Waals surface area contributed by atoms with Gasteiger partial charge in [0.2, 0.25) is 0 Å². The van der Waals surface area contributed by atoms with E-state index in [4.69, 9.17) is 0 Å². The van der Waals surface area contributed by atoms with Gasteiger partial charge in [0.05, 0.1) is 10.6 Å². The molecule has 0 fully saturated rings. The summed E-state index contributed by atoms with van der Waals surface area (Å²) in [6.45, 7) is 2.11. The molecule has 19 heavy (non-hydrogen) atoms. The predicted octanol–water partition coefficient (Wildman–Crippen LogP) is 3.79. The standard InChI is InChI=1S/C14H14N2OS2/c1-2-4-11-14(19-16-15-11)12(17)10-6-3-5-9-7-8-18-13(9)10/h3,5-8,12,17H,2,4H2,1H3. The van der Waals surface area contributed by atoms with Gasteiger partial charge in [-0.05, 0) is 34.8 Å². The Bertz CT molecular complexity index is 689. The summed E-state index contributed by atoms with van der Waals surface area (Å²) < 4.78 is 5.13. The van der Waals surface area contributed by atoms with Crippen molar-refractivity contribution in [3.8, 4) is 0 Å². The topological polar surface area (TPSA) is 46.0 Å². The average molecular weight is 290 g/mol. The van der Waals surface area contributed by atoms with Crippen LogP contribution in [0.5, 0.6) is 0 Å². The third-order valence-electron chi connectivity index (χ3n) is 3.12. The number of rotatable bonds is 4. The van der Waals surface area contributed by atoms with E-state index >= 15 is 0 Å². The molecule has 1 atom stereocenters. The van der Waals surface area contributed by atoms with Crippen molar-refractivity contribution in [1.29, 1.82) is 0 Å². The molecule has 3 aromatic rings. The first-order chi connectivity index (χ1) is 9.31. The van der Waals surface area contributed by atoms with Gasteiger partial charge in [-0.3, -0.25) is 0 Å². The van der Waals surface area contributed by atoms with Crippen molar-refractivity contribution < 1.29 is 5.11 Å². The number of fused-ring (bicyclic) bond motifs is 1. The maximum Gasteiger partial charge on any atom is 0.118 e. The van der Waals surface area contributed by atoms with Crippen LogP contribution < -0.4 is 0 Å². The molecule has 0 aliphatic rings. The number of aryl methyl sites for hydroxylation is 1. The van der Waals surface area contributed by atoms with Gasteiger partial charge < -0.3 is 5.11 Å². The SMILES string of the molecule is CCCc1nnsc1C(O)c1cccc2ccsc12. The van der Waals surface area contributed by atoms with Crippen LogP contribution in [-0.4, -0.2) is 14.7 Å². The predicted molar refractivity (Wildman–Crippen MR) is 79.8 cm³/mol. The number of aliphatic hydroxyl groups is 1. The quantitative estimate of drug-likeness (QED) is 0.795. The number of hydrogen-bond donors (Lipinski definition) is 1. The Morgan fingerprint density at radius 3 is 3.05 bits per heavy atom. The van der Waals surface area contributed by atoms with Gasteiger partial charge in [0.1, 0.15) is 6.10 Å². The summed E-state index contributed by atoms with van der Waals surface area (Å²) in [7, 11) is 0. The number of aromatic nitrogens is 2. The molecule has 0 amide bonds. The normalized spacial score (nSPS) is 12.9. The first kappa shape index (κ1) is 12.7. The molecule has 1 N–H and O–H groups in total. The van der Waals surface area contributed by atoms with Gasteiger partial charge in [0, 0.05) is 10.3 Å². The van der Waals surface area contributed by atoms with E-state index < -0.39 is 6.10 Å². The van der Waals surface area contributed by atoms with Gasteiger partial charge in [-0.2, -0.15) is 0 Å². The summed E-state index contributed by atoms with van der Waals surface area (Å²) in [4.78, 5) is 0.878. The van der Waals surface area contributed by atoms with E-state index in [0.29, 0.717) is 0 Å². The second-order valence-electron chi connectivity index (χ2n) is 4.42. The molecule has 3 nitrogen and oxygen atoms in total. The highest BCUT2D eigenvalue weighted by atomic mass is 32.1. The maximum atomic E-state index is 10.6. The highest BCUT2D eigenvalue weighted by Gasteiger charge is 2.20. The van der Waals surface area contributed by atoms with E-state index in [1.165, 1.54) is 16.9 Å². The molecule has 0 radical (unpaired) electrons. The molecular formula is C14H14N2OS2. The molecule has 1 aromatic carbocycles. The Labute approximate surface area is 119 Å². The Morgan fingerprint density at radius 2 is 2.21 bits per heavy atom. The van der Waals surface area contributed by atoms with Crippen LogP contribution in [0, 0.1) is 0 Å². The second-order valence-corrected chi connectivity index (χ2v) is 6.12. The summed E-state index contributed by atoms with van der Waals surface area (Å²) in [6, 6.07) is 8.12. The molecule has 0 saturated carbocycles. The minimum absolute atomic E-state index is 0.621. The van der Waals surface area contributed by atoms with Crippen LogP contribution in [0.3, 0.4) is 0 Å². The molecule has 1 unspecified atom stereocenters. The van der Waals surface area contributed by atoms with Gasteiger partial charge in [-0.15, -0.1) is 16.4 Å². The van der Waals surface area contributed by atoms with E-state index in [0.717, 1.165) is 33.7 Å². The Kier molecular flexibility index (Phi) is 3.59. The van der Waals surface area contributed by atoms with E-state index in [1.807, 2.05) is 12.1 Å². The smallest absolute Gasteiger partial charge is 0.118 e. The lowest BCUT2D eigenvalue weighted by molar-refractivity contribution is 0.224. The van der Waals surface area contributed by atoms with Crippen LogP contribution in [0.4, 0.5) is 0 Å². The summed E-state index contributed by atoms with van der Waals surface area (Å²) in [5.41, 5.74) is 1.88.